The van der Waals surface area contributed by atoms with Crippen LogP contribution in [0.2, 0.25) is 0 Å². The first kappa shape index (κ1) is 34.3. The number of nitrogens with zero attached hydrogens (tertiary/aromatic N) is 2. The van der Waals surface area contributed by atoms with Gasteiger partial charge in [0.2, 0.25) is 5.91 Å². The third-order valence-electron chi connectivity index (χ3n) is 8.22. The van der Waals surface area contributed by atoms with Crippen LogP contribution < -0.4 is 10.6 Å². The molecule has 0 radical (unpaired) electrons. The minimum absolute atomic E-state index is 0.168. The van der Waals surface area contributed by atoms with Crippen LogP contribution >= 0.6 is 11.3 Å². The fourth-order valence-electron chi connectivity index (χ4n) is 5.70. The zero-order chi connectivity index (χ0) is 34.4. The van der Waals surface area contributed by atoms with Gasteiger partial charge < -0.3 is 10.2 Å². The van der Waals surface area contributed by atoms with Gasteiger partial charge in [0, 0.05) is 35.7 Å². The highest BCUT2D eigenvalue weighted by atomic mass is 32.1. The third-order valence-corrected chi connectivity index (χ3v) is 8.98. The van der Waals surface area contributed by atoms with Crippen molar-refractivity contribution in [2.24, 2.45) is 5.92 Å². The van der Waals surface area contributed by atoms with Crippen molar-refractivity contribution >= 4 is 34.2 Å². The average Bonchev–Trinajstić information content (AvgIpc) is 3.55. The molecule has 0 spiro atoms. The van der Waals surface area contributed by atoms with E-state index in [-0.39, 0.29) is 17.7 Å². The van der Waals surface area contributed by atoms with Crippen LogP contribution in [0.15, 0.2) is 102 Å². The van der Waals surface area contributed by atoms with Crippen molar-refractivity contribution in [3.8, 4) is 22.4 Å². The first-order valence-corrected chi connectivity index (χ1v) is 17.1. The average molecular weight is 659 g/mol. The van der Waals surface area contributed by atoms with Crippen molar-refractivity contribution < 1.29 is 14.4 Å². The Bertz CT molecular complexity index is 1880. The fourth-order valence-corrected chi connectivity index (χ4v) is 6.42. The number of thiazole rings is 1. The molecule has 1 atom stereocenters. The molecule has 0 unspecified atom stereocenters. The zero-order valence-electron chi connectivity index (χ0n) is 28.3. The van der Waals surface area contributed by atoms with Gasteiger partial charge in [-0.25, -0.2) is 4.98 Å². The molecule has 0 bridgehead atoms. The molecule has 48 heavy (non-hydrogen) atoms. The van der Waals surface area contributed by atoms with E-state index in [0.29, 0.717) is 40.3 Å². The topological polar surface area (TPSA) is 91.4 Å². The fraction of sp³-hybridized carbons (Fsp3) is 0.250. The van der Waals surface area contributed by atoms with Crippen molar-refractivity contribution in [2.45, 2.75) is 46.6 Å². The molecular formula is C40H42N4O3S. The number of amides is 3. The van der Waals surface area contributed by atoms with Crippen molar-refractivity contribution in [1.82, 2.24) is 15.2 Å². The highest BCUT2D eigenvalue weighted by Crippen LogP contribution is 2.31. The lowest BCUT2D eigenvalue weighted by molar-refractivity contribution is -0.132. The summed E-state index contributed by atoms with van der Waals surface area (Å²) in [5.41, 5.74) is 7.39. The van der Waals surface area contributed by atoms with E-state index in [1.165, 1.54) is 16.9 Å². The van der Waals surface area contributed by atoms with Crippen LogP contribution in [0.25, 0.3) is 22.4 Å². The smallest absolute Gasteiger partial charge is 0.258 e. The summed E-state index contributed by atoms with van der Waals surface area (Å²) in [6.07, 6.45) is 0. The summed E-state index contributed by atoms with van der Waals surface area (Å²) in [4.78, 5) is 46.6. The highest BCUT2D eigenvalue weighted by Gasteiger charge is 2.26. The van der Waals surface area contributed by atoms with E-state index in [1.54, 1.807) is 24.1 Å². The van der Waals surface area contributed by atoms with Gasteiger partial charge in [-0.15, -0.1) is 11.3 Å². The number of hydrogen-bond acceptors (Lipinski definition) is 5. The molecule has 4 aromatic carbocycles. The molecule has 0 aliphatic heterocycles. The standard InChI is InChI=1S/C40H42N4O3S/c1-25(2)23-44(6)39(47)36(31-12-8-7-9-13-31)42-37(45)32-21-17-29(18-22-32)34-24-48-40(41-34)43-38(46)33-14-10-11-27(5)35(33)30-19-15-28(16-20-30)26(3)4/h7-22,24-26,36H,23H2,1-6H3,(H,42,45)(H,41,43,46)/t36-/m0/s1. The summed E-state index contributed by atoms with van der Waals surface area (Å²) >= 11 is 1.34. The lowest BCUT2D eigenvalue weighted by Gasteiger charge is -2.26. The molecule has 1 heterocycles. The Kier molecular flexibility index (Phi) is 10.9. The lowest BCUT2D eigenvalue weighted by Crippen LogP contribution is -2.42. The number of aromatic nitrogens is 1. The van der Waals surface area contributed by atoms with Crippen molar-refractivity contribution in [3.05, 3.63) is 130 Å². The Morgan fingerprint density at radius 2 is 1.44 bits per heavy atom. The monoisotopic (exact) mass is 658 g/mol. The number of likely N-dealkylation sites (N-methyl/N-ethyl adjacent to an activating group) is 1. The van der Waals surface area contributed by atoms with Crippen LogP contribution in [0, 0.1) is 12.8 Å². The number of aryl methyl sites for hydroxylation is 1. The quantitative estimate of drug-likeness (QED) is 0.149. The van der Waals surface area contributed by atoms with E-state index < -0.39 is 6.04 Å². The Labute approximate surface area is 287 Å². The van der Waals surface area contributed by atoms with E-state index in [0.717, 1.165) is 27.8 Å². The molecule has 7 nitrogen and oxygen atoms in total. The van der Waals surface area contributed by atoms with Crippen LogP contribution in [-0.4, -0.2) is 41.2 Å². The van der Waals surface area contributed by atoms with Crippen LogP contribution in [-0.2, 0) is 4.79 Å². The summed E-state index contributed by atoms with van der Waals surface area (Å²) in [5.74, 6) is -0.0168. The van der Waals surface area contributed by atoms with E-state index in [1.807, 2.05) is 86.8 Å². The van der Waals surface area contributed by atoms with Crippen LogP contribution in [0.3, 0.4) is 0 Å². The molecule has 8 heteroatoms. The molecule has 246 valence electrons. The third kappa shape index (κ3) is 8.06. The molecule has 5 aromatic rings. The summed E-state index contributed by atoms with van der Waals surface area (Å²) in [6, 6.07) is 29.7. The van der Waals surface area contributed by atoms with Gasteiger partial charge in [-0.1, -0.05) is 107 Å². The van der Waals surface area contributed by atoms with Gasteiger partial charge in [-0.05, 0) is 64.8 Å². The number of rotatable bonds is 11. The molecule has 1 aromatic heterocycles. The highest BCUT2D eigenvalue weighted by molar-refractivity contribution is 7.14. The SMILES string of the molecule is Cc1cccc(C(=O)Nc2nc(-c3ccc(C(=O)N[C@H](C(=O)N(C)CC(C)C)c4ccccc4)cc3)cs2)c1-c1ccc(C(C)C)cc1. The van der Waals surface area contributed by atoms with Gasteiger partial charge in [0.25, 0.3) is 11.8 Å². The molecule has 0 fully saturated rings. The Morgan fingerprint density at radius 3 is 2.08 bits per heavy atom. The summed E-state index contributed by atoms with van der Waals surface area (Å²) < 4.78 is 0. The van der Waals surface area contributed by atoms with Gasteiger partial charge in [-0.2, -0.15) is 0 Å². The number of anilines is 1. The Balaban J connectivity index is 1.29. The second kappa shape index (κ2) is 15.2. The molecule has 5 rings (SSSR count). The van der Waals surface area contributed by atoms with Crippen molar-refractivity contribution in [2.75, 3.05) is 18.9 Å². The van der Waals surface area contributed by atoms with Gasteiger partial charge in [0.05, 0.1) is 5.69 Å². The van der Waals surface area contributed by atoms with Crippen molar-refractivity contribution in [1.29, 1.82) is 0 Å². The molecule has 2 N–H and O–H groups in total. The summed E-state index contributed by atoms with van der Waals surface area (Å²) in [6.45, 7) is 11.0. The van der Waals surface area contributed by atoms with Gasteiger partial charge in [0.15, 0.2) is 5.13 Å². The van der Waals surface area contributed by atoms with Gasteiger partial charge >= 0.3 is 0 Å². The van der Waals surface area contributed by atoms with E-state index in [4.69, 9.17) is 0 Å². The normalized spacial score (nSPS) is 11.8. The maximum absolute atomic E-state index is 13.5. The number of carbonyl (C=O) groups is 3. The zero-order valence-corrected chi connectivity index (χ0v) is 29.1. The maximum atomic E-state index is 13.5. The molecule has 3 amide bonds. The second-order valence-corrected chi connectivity index (χ2v) is 13.6. The van der Waals surface area contributed by atoms with Gasteiger partial charge in [0.1, 0.15) is 6.04 Å². The second-order valence-electron chi connectivity index (χ2n) is 12.8. The van der Waals surface area contributed by atoms with Crippen LogP contribution in [0.5, 0.6) is 0 Å². The number of hydrogen-bond donors (Lipinski definition) is 2. The molecule has 0 aliphatic carbocycles. The predicted octanol–water partition coefficient (Wildman–Crippen LogP) is 8.75. The largest absolute Gasteiger partial charge is 0.343 e. The predicted molar refractivity (Wildman–Crippen MR) is 195 cm³/mol. The van der Waals surface area contributed by atoms with Crippen LogP contribution in [0.4, 0.5) is 5.13 Å². The van der Waals surface area contributed by atoms with E-state index in [2.05, 4.69) is 53.7 Å². The molecule has 0 saturated heterocycles. The van der Waals surface area contributed by atoms with Gasteiger partial charge in [-0.3, -0.25) is 19.7 Å². The molecular weight excluding hydrogens is 617 g/mol. The van der Waals surface area contributed by atoms with Crippen molar-refractivity contribution in [3.63, 3.8) is 0 Å². The first-order valence-electron chi connectivity index (χ1n) is 16.2. The molecule has 0 aliphatic rings. The first-order chi connectivity index (χ1) is 23.0. The maximum Gasteiger partial charge on any atom is 0.258 e. The Hall–Kier alpha value is -5.08. The number of benzene rings is 4. The minimum atomic E-state index is -0.805. The number of nitrogens with one attached hydrogen (secondary N) is 2. The summed E-state index contributed by atoms with van der Waals surface area (Å²) in [5, 5.41) is 8.28. The van der Waals surface area contributed by atoms with Crippen LogP contribution in [0.1, 0.15) is 77.1 Å². The number of carbonyl (C=O) groups excluding carboxylic acids is 3. The Morgan fingerprint density at radius 1 is 0.771 bits per heavy atom. The summed E-state index contributed by atoms with van der Waals surface area (Å²) in [7, 11) is 1.76. The van der Waals surface area contributed by atoms with E-state index >= 15 is 0 Å². The lowest BCUT2D eigenvalue weighted by atomic mass is 9.92. The van der Waals surface area contributed by atoms with E-state index in [9.17, 15) is 14.4 Å². The molecule has 0 saturated carbocycles. The minimum Gasteiger partial charge on any atom is -0.343 e.